The third-order valence-corrected chi connectivity index (χ3v) is 3.44. The quantitative estimate of drug-likeness (QED) is 0.690. The van der Waals surface area contributed by atoms with Crippen LogP contribution in [0.15, 0.2) is 67.3 Å². The minimum absolute atomic E-state index is 0.967. The number of hydrogen-bond acceptors (Lipinski definition) is 1. The Hall–Kier alpha value is -2.35. The van der Waals surface area contributed by atoms with Gasteiger partial charge in [-0.15, -0.1) is 0 Å². The molecule has 2 nitrogen and oxygen atoms in total. The van der Waals surface area contributed by atoms with Crippen molar-refractivity contribution in [1.29, 1.82) is 0 Å². The Morgan fingerprint density at radius 3 is 2.58 bits per heavy atom. The first-order valence-corrected chi connectivity index (χ1v) is 6.45. The van der Waals surface area contributed by atoms with E-state index in [1.54, 1.807) is 0 Å². The second-order valence-electron chi connectivity index (χ2n) is 4.69. The van der Waals surface area contributed by atoms with Crippen molar-refractivity contribution < 1.29 is 0 Å². The maximum absolute atomic E-state index is 4.12. The Labute approximate surface area is 113 Å². The van der Waals surface area contributed by atoms with Crippen LogP contribution in [-0.4, -0.2) is 9.55 Å². The lowest BCUT2D eigenvalue weighted by molar-refractivity contribution is 1.02. The molecule has 1 heterocycles. The molecule has 0 atom stereocenters. The highest BCUT2D eigenvalue weighted by Crippen LogP contribution is 2.20. The van der Waals surface area contributed by atoms with Crippen molar-refractivity contribution >= 4 is 0 Å². The molecule has 2 aromatic carbocycles. The Morgan fingerprint density at radius 2 is 1.84 bits per heavy atom. The minimum Gasteiger partial charge on any atom is -0.306 e. The molecule has 0 spiro atoms. The van der Waals surface area contributed by atoms with Crippen LogP contribution >= 0.6 is 0 Å². The van der Waals surface area contributed by atoms with E-state index in [4.69, 9.17) is 0 Å². The van der Waals surface area contributed by atoms with Crippen molar-refractivity contribution in [2.75, 3.05) is 0 Å². The fourth-order valence-electron chi connectivity index (χ4n) is 2.36. The lowest BCUT2D eigenvalue weighted by Crippen LogP contribution is -1.99. The molecular weight excluding hydrogens is 232 g/mol. The van der Waals surface area contributed by atoms with Gasteiger partial charge < -0.3 is 4.57 Å². The van der Waals surface area contributed by atoms with Gasteiger partial charge in [0, 0.05) is 18.1 Å². The topological polar surface area (TPSA) is 17.8 Å². The molecule has 3 aromatic rings. The molecule has 3 rings (SSSR count). The van der Waals surface area contributed by atoms with Gasteiger partial charge in [-0.2, -0.15) is 0 Å². The Kier molecular flexibility index (Phi) is 3.15. The zero-order chi connectivity index (χ0) is 13.1. The first-order valence-electron chi connectivity index (χ1n) is 6.45. The summed E-state index contributed by atoms with van der Waals surface area (Å²) < 4.78 is 2.06. The predicted octanol–water partition coefficient (Wildman–Crippen LogP) is 3.77. The van der Waals surface area contributed by atoms with Crippen LogP contribution in [0.25, 0.3) is 5.69 Å². The molecule has 0 N–H and O–H groups in total. The fraction of sp³-hybridized carbons (Fsp3) is 0.118. The molecule has 0 bridgehead atoms. The van der Waals surface area contributed by atoms with Gasteiger partial charge in [0.2, 0.25) is 0 Å². The molecule has 94 valence electrons. The van der Waals surface area contributed by atoms with E-state index in [1.807, 2.05) is 18.7 Å². The highest BCUT2D eigenvalue weighted by atomic mass is 15.0. The van der Waals surface area contributed by atoms with Crippen LogP contribution in [0.2, 0.25) is 0 Å². The van der Waals surface area contributed by atoms with Crippen LogP contribution in [0.5, 0.6) is 0 Å². The van der Waals surface area contributed by atoms with Gasteiger partial charge in [0.15, 0.2) is 0 Å². The molecular formula is C17H16N2. The molecule has 0 aliphatic carbocycles. The number of nitrogens with zero attached hydrogens (tertiary/aromatic N) is 2. The summed E-state index contributed by atoms with van der Waals surface area (Å²) in [4.78, 5) is 4.12. The molecule has 0 radical (unpaired) electrons. The van der Waals surface area contributed by atoms with Crippen LogP contribution in [0.3, 0.4) is 0 Å². The molecule has 0 saturated heterocycles. The summed E-state index contributed by atoms with van der Waals surface area (Å²) in [6.07, 6.45) is 6.60. The van der Waals surface area contributed by atoms with E-state index in [9.17, 15) is 0 Å². The normalized spacial score (nSPS) is 10.6. The molecule has 19 heavy (non-hydrogen) atoms. The van der Waals surface area contributed by atoms with Gasteiger partial charge in [-0.1, -0.05) is 42.5 Å². The van der Waals surface area contributed by atoms with E-state index in [-0.39, 0.29) is 0 Å². The van der Waals surface area contributed by atoms with Gasteiger partial charge in [0.25, 0.3) is 0 Å². The third kappa shape index (κ3) is 2.43. The monoisotopic (exact) mass is 248 g/mol. The smallest absolute Gasteiger partial charge is 0.0991 e. The maximum atomic E-state index is 4.12. The Bertz CT molecular complexity index is 655. The SMILES string of the molecule is Cc1c(Cc2ccccc2)cccc1-n1ccnc1. The van der Waals surface area contributed by atoms with Gasteiger partial charge in [-0.05, 0) is 36.1 Å². The molecule has 2 heteroatoms. The number of imidazole rings is 1. The van der Waals surface area contributed by atoms with Crippen molar-refractivity contribution in [3.8, 4) is 5.69 Å². The zero-order valence-corrected chi connectivity index (χ0v) is 11.0. The van der Waals surface area contributed by atoms with Crippen LogP contribution in [0.1, 0.15) is 16.7 Å². The molecule has 0 saturated carbocycles. The summed E-state index contributed by atoms with van der Waals surface area (Å²) in [6, 6.07) is 17.0. The molecule has 1 aromatic heterocycles. The highest BCUT2D eigenvalue weighted by molar-refractivity contribution is 5.46. The molecule has 0 aliphatic heterocycles. The van der Waals surface area contributed by atoms with Gasteiger partial charge in [-0.25, -0.2) is 4.98 Å². The number of aromatic nitrogens is 2. The number of benzene rings is 2. The van der Waals surface area contributed by atoms with Crippen LogP contribution in [0.4, 0.5) is 0 Å². The summed E-state index contributed by atoms with van der Waals surface area (Å²) in [7, 11) is 0. The van der Waals surface area contributed by atoms with Crippen molar-refractivity contribution in [2.45, 2.75) is 13.3 Å². The first-order chi connectivity index (χ1) is 9.34. The van der Waals surface area contributed by atoms with E-state index < -0.39 is 0 Å². The predicted molar refractivity (Wildman–Crippen MR) is 77.5 cm³/mol. The standard InChI is InChI=1S/C17H16N2/c1-14-16(12-15-6-3-2-4-7-15)8-5-9-17(14)19-11-10-18-13-19/h2-11,13H,12H2,1H3. The lowest BCUT2D eigenvalue weighted by atomic mass is 9.99. The van der Waals surface area contributed by atoms with Gasteiger partial charge in [-0.3, -0.25) is 0 Å². The molecule has 0 fully saturated rings. The van der Waals surface area contributed by atoms with Crippen LogP contribution in [0, 0.1) is 6.92 Å². The number of rotatable bonds is 3. The van der Waals surface area contributed by atoms with E-state index >= 15 is 0 Å². The average Bonchev–Trinajstić information content (AvgIpc) is 2.96. The Balaban J connectivity index is 1.97. The molecule has 0 aliphatic rings. The summed E-state index contributed by atoms with van der Waals surface area (Å²) in [5, 5.41) is 0. The highest BCUT2D eigenvalue weighted by Gasteiger charge is 2.06. The van der Waals surface area contributed by atoms with E-state index in [0.717, 1.165) is 6.42 Å². The second kappa shape index (κ2) is 5.11. The first kappa shape index (κ1) is 11.7. The van der Waals surface area contributed by atoms with E-state index in [2.05, 4.69) is 65.0 Å². The maximum Gasteiger partial charge on any atom is 0.0991 e. The largest absolute Gasteiger partial charge is 0.306 e. The average molecular weight is 248 g/mol. The van der Waals surface area contributed by atoms with Gasteiger partial charge in [0.05, 0.1) is 6.33 Å². The zero-order valence-electron chi connectivity index (χ0n) is 11.0. The summed E-state index contributed by atoms with van der Waals surface area (Å²) >= 11 is 0. The van der Waals surface area contributed by atoms with E-state index in [0.29, 0.717) is 0 Å². The summed E-state index contributed by atoms with van der Waals surface area (Å²) in [5.74, 6) is 0. The van der Waals surface area contributed by atoms with Crippen molar-refractivity contribution in [3.63, 3.8) is 0 Å². The molecule has 0 unspecified atom stereocenters. The second-order valence-corrected chi connectivity index (χ2v) is 4.69. The third-order valence-electron chi connectivity index (χ3n) is 3.44. The minimum atomic E-state index is 0.967. The Morgan fingerprint density at radius 1 is 1.00 bits per heavy atom. The van der Waals surface area contributed by atoms with Gasteiger partial charge >= 0.3 is 0 Å². The van der Waals surface area contributed by atoms with Crippen molar-refractivity contribution in [1.82, 2.24) is 9.55 Å². The summed E-state index contributed by atoms with van der Waals surface area (Å²) in [6.45, 7) is 2.17. The van der Waals surface area contributed by atoms with Crippen LogP contribution in [-0.2, 0) is 6.42 Å². The fourth-order valence-corrected chi connectivity index (χ4v) is 2.36. The van der Waals surface area contributed by atoms with E-state index in [1.165, 1.54) is 22.4 Å². The van der Waals surface area contributed by atoms with Crippen molar-refractivity contribution in [2.24, 2.45) is 0 Å². The van der Waals surface area contributed by atoms with Crippen LogP contribution < -0.4 is 0 Å². The molecule has 0 amide bonds. The van der Waals surface area contributed by atoms with Gasteiger partial charge in [0.1, 0.15) is 0 Å². The van der Waals surface area contributed by atoms with Crippen molar-refractivity contribution in [3.05, 3.63) is 83.9 Å². The number of hydrogen-bond donors (Lipinski definition) is 0. The summed E-state index contributed by atoms with van der Waals surface area (Å²) in [5.41, 5.74) is 5.21. The lowest BCUT2D eigenvalue weighted by Gasteiger charge is -2.12.